The molecule has 0 radical (unpaired) electrons. The zero-order chi connectivity index (χ0) is 16.8. The molecular formula is C18H14ClN3O2. The number of aromatic amines is 1. The van der Waals surface area contributed by atoms with Gasteiger partial charge in [0, 0.05) is 11.6 Å². The normalized spacial score (nSPS) is 11.3. The number of nitrogens with zero attached hydrogens (tertiary/aromatic N) is 2. The largest absolute Gasteiger partial charge is 0.497 e. The fraction of sp³-hybridized carbons (Fsp3) is 0.111. The van der Waals surface area contributed by atoms with Gasteiger partial charge < -0.3 is 9.72 Å². The van der Waals surface area contributed by atoms with E-state index in [1.54, 1.807) is 13.2 Å². The van der Waals surface area contributed by atoms with E-state index in [9.17, 15) is 4.79 Å². The second-order valence-electron chi connectivity index (χ2n) is 5.52. The van der Waals surface area contributed by atoms with Crippen LogP contribution in [-0.4, -0.2) is 21.5 Å². The van der Waals surface area contributed by atoms with Gasteiger partial charge in [0.05, 0.1) is 28.9 Å². The number of imidazole rings is 1. The van der Waals surface area contributed by atoms with Crippen molar-refractivity contribution in [2.75, 3.05) is 7.11 Å². The summed E-state index contributed by atoms with van der Waals surface area (Å²) >= 11 is 6.35. The standard InChI is InChI=1S/C18H14ClN3O2/c1-10-16-18(23)21-14-9-11(24-2)7-8-15(14)22(16)17(20-10)12-5-3-4-6-13(12)19/h3-9H,1-2H3,(H,21,23). The number of halogens is 1. The van der Waals surface area contributed by atoms with Crippen LogP contribution in [0.5, 0.6) is 5.75 Å². The monoisotopic (exact) mass is 339 g/mol. The van der Waals surface area contributed by atoms with E-state index in [4.69, 9.17) is 16.3 Å². The smallest absolute Gasteiger partial charge is 0.274 e. The predicted molar refractivity (Wildman–Crippen MR) is 95.1 cm³/mol. The molecule has 0 aliphatic carbocycles. The van der Waals surface area contributed by atoms with Gasteiger partial charge in [0.1, 0.15) is 17.1 Å². The maximum Gasteiger partial charge on any atom is 0.274 e. The quantitative estimate of drug-likeness (QED) is 0.604. The number of H-pyrrole nitrogens is 1. The Labute approximate surface area is 142 Å². The number of ether oxygens (including phenoxy) is 1. The van der Waals surface area contributed by atoms with E-state index in [0.717, 1.165) is 11.1 Å². The first-order valence-electron chi connectivity index (χ1n) is 7.44. The molecule has 2 heterocycles. The molecule has 4 rings (SSSR count). The summed E-state index contributed by atoms with van der Waals surface area (Å²) in [6, 6.07) is 13.0. The highest BCUT2D eigenvalue weighted by Crippen LogP contribution is 2.30. The Morgan fingerprint density at radius 3 is 2.75 bits per heavy atom. The van der Waals surface area contributed by atoms with Crippen LogP contribution in [0.1, 0.15) is 5.69 Å². The Balaban J connectivity index is 2.20. The van der Waals surface area contributed by atoms with Crippen LogP contribution >= 0.6 is 11.6 Å². The molecule has 0 fully saturated rings. The van der Waals surface area contributed by atoms with Crippen LogP contribution in [0.3, 0.4) is 0 Å². The van der Waals surface area contributed by atoms with Gasteiger partial charge in [-0.1, -0.05) is 23.7 Å². The molecular weight excluding hydrogens is 326 g/mol. The highest BCUT2D eigenvalue weighted by molar-refractivity contribution is 6.33. The second kappa shape index (κ2) is 5.39. The summed E-state index contributed by atoms with van der Waals surface area (Å²) in [5.74, 6) is 1.32. The molecule has 0 saturated heterocycles. The summed E-state index contributed by atoms with van der Waals surface area (Å²) in [6.07, 6.45) is 0. The molecule has 0 aliphatic rings. The van der Waals surface area contributed by atoms with E-state index in [0.29, 0.717) is 33.3 Å². The van der Waals surface area contributed by atoms with Crippen molar-refractivity contribution in [1.82, 2.24) is 14.4 Å². The number of benzene rings is 2. The Morgan fingerprint density at radius 1 is 1.21 bits per heavy atom. The molecule has 0 unspecified atom stereocenters. The van der Waals surface area contributed by atoms with Gasteiger partial charge >= 0.3 is 0 Å². The SMILES string of the molecule is COc1ccc2c(c1)[nH]c(=O)c1c(C)nc(-c3ccccc3Cl)n12. The lowest BCUT2D eigenvalue weighted by molar-refractivity contribution is 0.415. The minimum Gasteiger partial charge on any atom is -0.497 e. The summed E-state index contributed by atoms with van der Waals surface area (Å²) in [6.45, 7) is 1.82. The number of aromatic nitrogens is 3. The predicted octanol–water partition coefficient (Wildman–Crippen LogP) is 3.81. The Morgan fingerprint density at radius 2 is 2.00 bits per heavy atom. The summed E-state index contributed by atoms with van der Waals surface area (Å²) < 4.78 is 7.10. The molecule has 1 N–H and O–H groups in total. The van der Waals surface area contributed by atoms with E-state index in [2.05, 4.69) is 9.97 Å². The minimum absolute atomic E-state index is 0.195. The average Bonchev–Trinajstić information content (AvgIpc) is 2.93. The molecule has 0 atom stereocenters. The maximum absolute atomic E-state index is 12.6. The van der Waals surface area contributed by atoms with Crippen LogP contribution in [0.25, 0.3) is 27.9 Å². The van der Waals surface area contributed by atoms with Crippen molar-refractivity contribution in [3.63, 3.8) is 0 Å². The molecule has 4 aromatic rings. The topological polar surface area (TPSA) is 59.4 Å². The van der Waals surface area contributed by atoms with Gasteiger partial charge in [-0.05, 0) is 31.2 Å². The van der Waals surface area contributed by atoms with Crippen molar-refractivity contribution in [2.24, 2.45) is 0 Å². The number of rotatable bonds is 2. The van der Waals surface area contributed by atoms with Gasteiger partial charge in [0.25, 0.3) is 5.56 Å². The van der Waals surface area contributed by atoms with Crippen molar-refractivity contribution >= 4 is 28.2 Å². The first kappa shape index (κ1) is 14.8. The van der Waals surface area contributed by atoms with Gasteiger partial charge in [-0.15, -0.1) is 0 Å². The molecule has 6 heteroatoms. The van der Waals surface area contributed by atoms with Crippen LogP contribution in [0.4, 0.5) is 0 Å². The van der Waals surface area contributed by atoms with Crippen LogP contribution in [0.15, 0.2) is 47.3 Å². The molecule has 2 aromatic heterocycles. The third-order valence-corrected chi connectivity index (χ3v) is 4.40. The Bertz CT molecular complexity index is 1140. The van der Waals surface area contributed by atoms with Gasteiger partial charge in [0.15, 0.2) is 0 Å². The van der Waals surface area contributed by atoms with Crippen molar-refractivity contribution in [3.05, 3.63) is 63.5 Å². The van der Waals surface area contributed by atoms with Crippen molar-refractivity contribution in [3.8, 4) is 17.1 Å². The number of fused-ring (bicyclic) bond motifs is 3. The van der Waals surface area contributed by atoms with E-state index in [-0.39, 0.29) is 5.56 Å². The fourth-order valence-corrected chi connectivity index (χ4v) is 3.19. The van der Waals surface area contributed by atoms with Crippen LogP contribution in [0.2, 0.25) is 5.02 Å². The zero-order valence-corrected chi connectivity index (χ0v) is 13.9. The number of aryl methyl sites for hydroxylation is 1. The first-order valence-corrected chi connectivity index (χ1v) is 7.82. The van der Waals surface area contributed by atoms with E-state index >= 15 is 0 Å². The van der Waals surface area contributed by atoms with E-state index < -0.39 is 0 Å². The zero-order valence-electron chi connectivity index (χ0n) is 13.1. The van der Waals surface area contributed by atoms with Gasteiger partial charge in [-0.3, -0.25) is 9.20 Å². The lowest BCUT2D eigenvalue weighted by Gasteiger charge is -2.08. The summed E-state index contributed by atoms with van der Waals surface area (Å²) in [5.41, 5.74) is 3.27. The molecule has 2 aromatic carbocycles. The average molecular weight is 340 g/mol. The lowest BCUT2D eigenvalue weighted by Crippen LogP contribution is -2.11. The number of hydrogen-bond acceptors (Lipinski definition) is 3. The number of nitrogens with one attached hydrogen (secondary N) is 1. The van der Waals surface area contributed by atoms with Crippen LogP contribution in [-0.2, 0) is 0 Å². The molecule has 5 nitrogen and oxygen atoms in total. The third-order valence-electron chi connectivity index (χ3n) is 4.07. The molecule has 0 bridgehead atoms. The van der Waals surface area contributed by atoms with Gasteiger partial charge in [-0.2, -0.15) is 0 Å². The molecule has 120 valence electrons. The minimum atomic E-state index is -0.195. The van der Waals surface area contributed by atoms with E-state index in [1.807, 2.05) is 47.7 Å². The highest BCUT2D eigenvalue weighted by Gasteiger charge is 2.17. The van der Waals surface area contributed by atoms with Crippen molar-refractivity contribution in [2.45, 2.75) is 6.92 Å². The van der Waals surface area contributed by atoms with Gasteiger partial charge in [-0.25, -0.2) is 4.98 Å². The third kappa shape index (κ3) is 2.09. The fourth-order valence-electron chi connectivity index (χ4n) is 2.97. The second-order valence-corrected chi connectivity index (χ2v) is 5.93. The summed E-state index contributed by atoms with van der Waals surface area (Å²) in [7, 11) is 1.59. The number of hydrogen-bond donors (Lipinski definition) is 1. The van der Waals surface area contributed by atoms with E-state index in [1.165, 1.54) is 0 Å². The van der Waals surface area contributed by atoms with Crippen molar-refractivity contribution < 1.29 is 4.74 Å². The highest BCUT2D eigenvalue weighted by atomic mass is 35.5. The van der Waals surface area contributed by atoms with Crippen LogP contribution < -0.4 is 10.3 Å². The molecule has 24 heavy (non-hydrogen) atoms. The number of methoxy groups -OCH3 is 1. The maximum atomic E-state index is 12.6. The molecule has 0 saturated carbocycles. The lowest BCUT2D eigenvalue weighted by atomic mass is 10.2. The molecule has 0 aliphatic heterocycles. The Hall–Kier alpha value is -2.79. The molecule has 0 amide bonds. The summed E-state index contributed by atoms with van der Waals surface area (Å²) in [4.78, 5) is 20.1. The summed E-state index contributed by atoms with van der Waals surface area (Å²) in [5, 5.41) is 0.589. The van der Waals surface area contributed by atoms with Crippen molar-refractivity contribution in [1.29, 1.82) is 0 Å². The van der Waals surface area contributed by atoms with Gasteiger partial charge in [0.2, 0.25) is 0 Å². The Kier molecular flexibility index (Phi) is 3.32. The molecule has 0 spiro atoms. The first-order chi connectivity index (χ1) is 11.6. The van der Waals surface area contributed by atoms with Crippen LogP contribution in [0, 0.1) is 6.92 Å².